The molecule has 5 nitrogen and oxygen atoms in total. The molecule has 1 fully saturated rings. The topological polar surface area (TPSA) is 66.5 Å². The van der Waals surface area contributed by atoms with Crippen molar-refractivity contribution < 1.29 is 13.2 Å². The van der Waals surface area contributed by atoms with E-state index in [2.05, 4.69) is 18.6 Å². The van der Waals surface area contributed by atoms with Crippen LogP contribution in [0.2, 0.25) is 0 Å². The van der Waals surface area contributed by atoms with Crippen LogP contribution in [0.1, 0.15) is 37.6 Å². The van der Waals surface area contributed by atoms with Crippen LogP contribution in [0.3, 0.4) is 0 Å². The third-order valence-electron chi connectivity index (χ3n) is 3.90. The van der Waals surface area contributed by atoms with E-state index in [-0.39, 0.29) is 10.8 Å². The maximum Gasteiger partial charge on any atom is 0.253 e. The summed E-state index contributed by atoms with van der Waals surface area (Å²) < 4.78 is 26.2. The Morgan fingerprint density at radius 2 is 1.73 bits per heavy atom. The molecule has 1 saturated heterocycles. The molecule has 0 bridgehead atoms. The molecular formula is C16H24N2O3S. The SMILES string of the molecule is CCNS(=O)(=O)c1ccc(C(=O)N2CC(C)CC(C)C2)cc1. The highest BCUT2D eigenvalue weighted by Gasteiger charge is 2.26. The van der Waals surface area contributed by atoms with Gasteiger partial charge in [-0.1, -0.05) is 20.8 Å². The van der Waals surface area contributed by atoms with Gasteiger partial charge in [0.1, 0.15) is 0 Å². The Labute approximate surface area is 132 Å². The van der Waals surface area contributed by atoms with Crippen molar-refractivity contribution in [1.82, 2.24) is 9.62 Å². The van der Waals surface area contributed by atoms with Crippen LogP contribution in [0.25, 0.3) is 0 Å². The Hall–Kier alpha value is -1.40. The van der Waals surface area contributed by atoms with Crippen LogP contribution in [-0.4, -0.2) is 38.9 Å². The van der Waals surface area contributed by atoms with Gasteiger partial charge >= 0.3 is 0 Å². The van der Waals surface area contributed by atoms with Crippen molar-refractivity contribution in [2.75, 3.05) is 19.6 Å². The monoisotopic (exact) mass is 324 g/mol. The molecule has 1 N–H and O–H groups in total. The van der Waals surface area contributed by atoms with Gasteiger partial charge in [-0.15, -0.1) is 0 Å². The van der Waals surface area contributed by atoms with Crippen LogP contribution in [-0.2, 0) is 10.0 Å². The number of benzene rings is 1. The van der Waals surface area contributed by atoms with Gasteiger partial charge in [0.25, 0.3) is 5.91 Å². The average molecular weight is 324 g/mol. The van der Waals surface area contributed by atoms with Crippen molar-refractivity contribution in [2.45, 2.75) is 32.1 Å². The Morgan fingerprint density at radius 1 is 1.18 bits per heavy atom. The van der Waals surface area contributed by atoms with E-state index >= 15 is 0 Å². The van der Waals surface area contributed by atoms with Gasteiger partial charge in [0.15, 0.2) is 0 Å². The standard InChI is InChI=1S/C16H24N2O3S/c1-4-17-22(20,21)15-7-5-14(6-8-15)16(19)18-10-12(2)9-13(3)11-18/h5-8,12-13,17H,4,9-11H2,1-3H3. The van der Waals surface area contributed by atoms with E-state index in [1.807, 2.05) is 4.90 Å². The number of hydrogen-bond acceptors (Lipinski definition) is 3. The van der Waals surface area contributed by atoms with Crippen LogP contribution < -0.4 is 4.72 Å². The molecule has 0 aliphatic carbocycles. The number of likely N-dealkylation sites (tertiary alicyclic amines) is 1. The first-order valence-corrected chi connectivity index (χ1v) is 9.20. The summed E-state index contributed by atoms with van der Waals surface area (Å²) in [6.07, 6.45) is 1.14. The zero-order valence-corrected chi connectivity index (χ0v) is 14.2. The first kappa shape index (κ1) is 17.0. The van der Waals surface area contributed by atoms with E-state index in [9.17, 15) is 13.2 Å². The molecule has 6 heteroatoms. The molecule has 1 heterocycles. The van der Waals surface area contributed by atoms with E-state index in [0.717, 1.165) is 19.5 Å². The summed E-state index contributed by atoms with van der Waals surface area (Å²) in [5.74, 6) is 0.980. The molecule has 0 spiro atoms. The number of nitrogens with zero attached hydrogens (tertiary/aromatic N) is 1. The second-order valence-electron chi connectivity index (χ2n) is 6.18. The van der Waals surface area contributed by atoms with Gasteiger partial charge in [0.2, 0.25) is 10.0 Å². The number of nitrogens with one attached hydrogen (secondary N) is 1. The number of sulfonamides is 1. The van der Waals surface area contributed by atoms with Gasteiger partial charge in [-0.2, -0.15) is 0 Å². The fourth-order valence-electron chi connectivity index (χ4n) is 3.06. The number of piperidine rings is 1. The lowest BCUT2D eigenvalue weighted by molar-refractivity contribution is 0.0623. The summed E-state index contributed by atoms with van der Waals surface area (Å²) in [5.41, 5.74) is 0.539. The van der Waals surface area contributed by atoms with E-state index in [0.29, 0.717) is 23.9 Å². The zero-order valence-electron chi connectivity index (χ0n) is 13.4. The maximum absolute atomic E-state index is 12.5. The lowest BCUT2D eigenvalue weighted by atomic mass is 9.91. The summed E-state index contributed by atoms with van der Waals surface area (Å²) in [7, 11) is -3.47. The highest BCUT2D eigenvalue weighted by Crippen LogP contribution is 2.23. The molecule has 1 amide bonds. The van der Waals surface area contributed by atoms with E-state index in [1.54, 1.807) is 19.1 Å². The second-order valence-corrected chi connectivity index (χ2v) is 7.95. The maximum atomic E-state index is 12.5. The summed E-state index contributed by atoms with van der Waals surface area (Å²) in [4.78, 5) is 14.6. The molecule has 122 valence electrons. The molecular weight excluding hydrogens is 300 g/mol. The molecule has 1 aromatic carbocycles. The van der Waals surface area contributed by atoms with Crippen molar-refractivity contribution >= 4 is 15.9 Å². The predicted molar refractivity (Wildman–Crippen MR) is 86.2 cm³/mol. The third-order valence-corrected chi connectivity index (χ3v) is 5.46. The Balaban J connectivity index is 2.15. The summed E-state index contributed by atoms with van der Waals surface area (Å²) in [6.45, 7) is 7.91. The molecule has 0 radical (unpaired) electrons. The third kappa shape index (κ3) is 3.87. The highest BCUT2D eigenvalue weighted by atomic mass is 32.2. The first-order valence-electron chi connectivity index (χ1n) is 7.72. The lowest BCUT2D eigenvalue weighted by Crippen LogP contribution is -2.42. The Bertz CT molecular complexity index is 615. The summed E-state index contributed by atoms with van der Waals surface area (Å²) in [6, 6.07) is 6.16. The quantitative estimate of drug-likeness (QED) is 0.922. The van der Waals surface area contributed by atoms with Crippen LogP contribution >= 0.6 is 0 Å². The minimum Gasteiger partial charge on any atom is -0.338 e. The van der Waals surface area contributed by atoms with Crippen LogP contribution in [0.5, 0.6) is 0 Å². The van der Waals surface area contributed by atoms with Gasteiger partial charge < -0.3 is 4.90 Å². The van der Waals surface area contributed by atoms with Gasteiger partial charge in [-0.3, -0.25) is 4.79 Å². The molecule has 2 rings (SSSR count). The van der Waals surface area contributed by atoms with Crippen molar-refractivity contribution in [3.05, 3.63) is 29.8 Å². The number of carbonyl (C=O) groups excluding carboxylic acids is 1. The molecule has 1 aliphatic heterocycles. The normalized spacial score (nSPS) is 22.6. The molecule has 1 aliphatic rings. The largest absolute Gasteiger partial charge is 0.338 e. The zero-order chi connectivity index (χ0) is 16.3. The van der Waals surface area contributed by atoms with Gasteiger partial charge in [0.05, 0.1) is 4.90 Å². The summed E-state index contributed by atoms with van der Waals surface area (Å²) in [5, 5.41) is 0. The fraction of sp³-hybridized carbons (Fsp3) is 0.562. The molecule has 2 unspecified atom stereocenters. The van der Waals surface area contributed by atoms with Crippen molar-refractivity contribution in [2.24, 2.45) is 11.8 Å². The van der Waals surface area contributed by atoms with Crippen LogP contribution in [0.15, 0.2) is 29.2 Å². The summed E-state index contributed by atoms with van der Waals surface area (Å²) >= 11 is 0. The number of amides is 1. The van der Waals surface area contributed by atoms with Crippen molar-refractivity contribution in [3.63, 3.8) is 0 Å². The van der Waals surface area contributed by atoms with Crippen LogP contribution in [0.4, 0.5) is 0 Å². The minimum atomic E-state index is -3.47. The number of carbonyl (C=O) groups is 1. The minimum absolute atomic E-state index is 0.0224. The van der Waals surface area contributed by atoms with Crippen molar-refractivity contribution in [3.8, 4) is 0 Å². The van der Waals surface area contributed by atoms with Crippen molar-refractivity contribution in [1.29, 1.82) is 0 Å². The molecule has 0 aromatic heterocycles. The van der Waals surface area contributed by atoms with E-state index < -0.39 is 10.0 Å². The second kappa shape index (κ2) is 6.79. The molecule has 0 saturated carbocycles. The fourth-order valence-corrected chi connectivity index (χ4v) is 4.10. The first-order chi connectivity index (χ1) is 10.3. The number of hydrogen-bond donors (Lipinski definition) is 1. The van der Waals surface area contributed by atoms with Gasteiger partial charge in [-0.25, -0.2) is 13.1 Å². The average Bonchev–Trinajstić information content (AvgIpc) is 2.45. The predicted octanol–water partition coefficient (Wildman–Crippen LogP) is 2.10. The highest BCUT2D eigenvalue weighted by molar-refractivity contribution is 7.89. The van der Waals surface area contributed by atoms with Gasteiger partial charge in [0, 0.05) is 25.2 Å². The van der Waals surface area contributed by atoms with E-state index in [1.165, 1.54) is 12.1 Å². The lowest BCUT2D eigenvalue weighted by Gasteiger charge is -2.35. The molecule has 2 atom stereocenters. The van der Waals surface area contributed by atoms with E-state index in [4.69, 9.17) is 0 Å². The Morgan fingerprint density at radius 3 is 2.23 bits per heavy atom. The smallest absolute Gasteiger partial charge is 0.253 e. The molecule has 1 aromatic rings. The molecule has 22 heavy (non-hydrogen) atoms. The van der Waals surface area contributed by atoms with Crippen LogP contribution in [0, 0.1) is 11.8 Å². The number of rotatable bonds is 4. The Kier molecular flexibility index (Phi) is 5.24. The van der Waals surface area contributed by atoms with Gasteiger partial charge in [-0.05, 0) is 42.5 Å².